The normalized spacial score (nSPS) is 34.9. The molecule has 1 fully saturated rings. The number of aliphatic hydroxyl groups excluding tert-OH is 2. The van der Waals surface area contributed by atoms with Crippen molar-refractivity contribution in [3.63, 3.8) is 0 Å². The number of rotatable bonds is 5. The van der Waals surface area contributed by atoms with Crippen LogP contribution >= 0.6 is 7.82 Å². The summed E-state index contributed by atoms with van der Waals surface area (Å²) in [5, 5.41) is 27.1. The number of phosphoric ester groups is 1. The standard InChI is InChI=1S/C11H19N6O7P/c12-17-4-13-1-5-9(14-3-15-10(5)17)16-11-8(19)7(18)6(24-11)2-23-25(20,21)22/h3-4,6-8,10-11,16,18-19H,1-2,12H2,(H,14,15)(H2,20,21,22)/t6-,7-,8-,10?,11-/m1/s1. The quantitative estimate of drug-likeness (QED) is 0.185. The van der Waals surface area contributed by atoms with Gasteiger partial charge in [0, 0.05) is 5.57 Å². The lowest BCUT2D eigenvalue weighted by molar-refractivity contribution is -0.0295. The second-order valence-corrected chi connectivity index (χ2v) is 6.85. The molecule has 0 spiro atoms. The Labute approximate surface area is 142 Å². The molecule has 3 aliphatic rings. The Morgan fingerprint density at radius 1 is 1.48 bits per heavy atom. The number of hydrazine groups is 1. The maximum atomic E-state index is 10.8. The maximum Gasteiger partial charge on any atom is 0.469 e. The van der Waals surface area contributed by atoms with E-state index in [0.717, 1.165) is 0 Å². The third-order valence-electron chi connectivity index (χ3n) is 3.87. The molecule has 14 heteroatoms. The molecule has 3 heterocycles. The maximum absolute atomic E-state index is 10.8. The van der Waals surface area contributed by atoms with Crippen molar-refractivity contribution in [1.29, 1.82) is 0 Å². The molecule has 0 aromatic rings. The van der Waals surface area contributed by atoms with Crippen molar-refractivity contribution in [2.45, 2.75) is 30.7 Å². The second kappa shape index (κ2) is 6.97. The minimum atomic E-state index is -4.71. The monoisotopic (exact) mass is 378 g/mol. The van der Waals surface area contributed by atoms with Crippen molar-refractivity contribution in [2.24, 2.45) is 15.8 Å². The Morgan fingerprint density at radius 3 is 2.96 bits per heavy atom. The summed E-state index contributed by atoms with van der Waals surface area (Å²) in [6, 6.07) is 0. The SMILES string of the molecule is NN1C=NCC2=C(N[C@@H]3O[C@H](COP(=O)(O)O)[C@@H](O)[C@H]3O)NC=NC21. The number of aliphatic hydroxyl groups is 2. The van der Waals surface area contributed by atoms with Crippen LogP contribution in [-0.4, -0.2) is 81.5 Å². The third kappa shape index (κ3) is 3.99. The zero-order valence-electron chi connectivity index (χ0n) is 12.8. The average molecular weight is 378 g/mol. The van der Waals surface area contributed by atoms with Gasteiger partial charge in [-0.25, -0.2) is 15.4 Å². The van der Waals surface area contributed by atoms with Gasteiger partial charge in [0.25, 0.3) is 0 Å². The summed E-state index contributed by atoms with van der Waals surface area (Å²) in [5.41, 5.74) is 0.702. The van der Waals surface area contributed by atoms with Crippen LogP contribution in [-0.2, 0) is 13.8 Å². The molecule has 0 radical (unpaired) electrons. The van der Waals surface area contributed by atoms with Gasteiger partial charge in [-0.2, -0.15) is 0 Å². The van der Waals surface area contributed by atoms with E-state index in [0.29, 0.717) is 17.9 Å². The van der Waals surface area contributed by atoms with E-state index in [1.165, 1.54) is 17.7 Å². The zero-order chi connectivity index (χ0) is 18.2. The van der Waals surface area contributed by atoms with Crippen LogP contribution in [0.4, 0.5) is 0 Å². The molecule has 0 saturated carbocycles. The summed E-state index contributed by atoms with van der Waals surface area (Å²) in [7, 11) is -4.71. The van der Waals surface area contributed by atoms with Crippen LogP contribution in [0, 0.1) is 0 Å². The predicted octanol–water partition coefficient (Wildman–Crippen LogP) is -3.48. The predicted molar refractivity (Wildman–Crippen MR) is 83.6 cm³/mol. The molecule has 1 saturated heterocycles. The van der Waals surface area contributed by atoms with Gasteiger partial charge >= 0.3 is 7.82 Å². The van der Waals surface area contributed by atoms with Gasteiger partial charge in [-0.05, 0) is 0 Å². The number of fused-ring (bicyclic) bond motifs is 1. The number of ether oxygens (including phenoxy) is 1. The first-order valence-corrected chi connectivity index (χ1v) is 8.82. The van der Waals surface area contributed by atoms with Crippen molar-refractivity contribution < 1.29 is 33.8 Å². The van der Waals surface area contributed by atoms with Crippen molar-refractivity contribution in [2.75, 3.05) is 13.2 Å². The van der Waals surface area contributed by atoms with E-state index in [4.69, 9.17) is 20.4 Å². The van der Waals surface area contributed by atoms with E-state index in [9.17, 15) is 14.8 Å². The van der Waals surface area contributed by atoms with E-state index in [2.05, 4.69) is 25.1 Å². The number of hydrogen-bond donors (Lipinski definition) is 7. The molecule has 140 valence electrons. The average Bonchev–Trinajstić information content (AvgIpc) is 2.81. The molecular weight excluding hydrogens is 359 g/mol. The first-order valence-electron chi connectivity index (χ1n) is 7.28. The molecule has 3 rings (SSSR count). The van der Waals surface area contributed by atoms with Gasteiger partial charge in [0.2, 0.25) is 0 Å². The highest BCUT2D eigenvalue weighted by Gasteiger charge is 2.44. The first kappa shape index (κ1) is 18.2. The lowest BCUT2D eigenvalue weighted by atomic mass is 10.1. The van der Waals surface area contributed by atoms with Crippen LogP contribution < -0.4 is 16.5 Å². The highest BCUT2D eigenvalue weighted by molar-refractivity contribution is 7.46. The summed E-state index contributed by atoms with van der Waals surface area (Å²) in [6.45, 7) is -0.258. The molecule has 5 atom stereocenters. The van der Waals surface area contributed by atoms with Crippen molar-refractivity contribution in [3.05, 3.63) is 11.4 Å². The van der Waals surface area contributed by atoms with Crippen LogP contribution in [0.5, 0.6) is 0 Å². The van der Waals surface area contributed by atoms with Gasteiger partial charge in [-0.3, -0.25) is 14.5 Å². The Hall–Kier alpha value is -1.57. The number of nitrogens with one attached hydrogen (secondary N) is 2. The van der Waals surface area contributed by atoms with Gasteiger partial charge in [0.1, 0.15) is 30.5 Å². The van der Waals surface area contributed by atoms with Gasteiger partial charge in [0.15, 0.2) is 12.4 Å². The van der Waals surface area contributed by atoms with Crippen LogP contribution in [0.3, 0.4) is 0 Å². The van der Waals surface area contributed by atoms with Gasteiger partial charge < -0.3 is 35.4 Å². The van der Waals surface area contributed by atoms with Crippen LogP contribution in [0.2, 0.25) is 0 Å². The van der Waals surface area contributed by atoms with E-state index < -0.39 is 45.1 Å². The van der Waals surface area contributed by atoms with E-state index in [1.54, 1.807) is 0 Å². The number of nitrogens with two attached hydrogens (primary N) is 1. The lowest BCUT2D eigenvalue weighted by Gasteiger charge is -2.33. The minimum absolute atomic E-state index is 0.321. The molecule has 0 amide bonds. The number of hydrogen-bond acceptors (Lipinski definition) is 11. The second-order valence-electron chi connectivity index (χ2n) is 5.61. The van der Waals surface area contributed by atoms with E-state index in [1.807, 2.05) is 0 Å². The lowest BCUT2D eigenvalue weighted by Crippen LogP contribution is -2.50. The van der Waals surface area contributed by atoms with Crippen molar-refractivity contribution in [3.8, 4) is 0 Å². The zero-order valence-corrected chi connectivity index (χ0v) is 13.7. The molecule has 0 bridgehead atoms. The van der Waals surface area contributed by atoms with E-state index in [-0.39, 0.29) is 0 Å². The third-order valence-corrected chi connectivity index (χ3v) is 4.36. The Kier molecular flexibility index (Phi) is 5.09. The minimum Gasteiger partial charge on any atom is -0.387 e. The Morgan fingerprint density at radius 2 is 2.24 bits per heavy atom. The van der Waals surface area contributed by atoms with Crippen LogP contribution in [0.1, 0.15) is 0 Å². The smallest absolute Gasteiger partial charge is 0.387 e. The fraction of sp³-hybridized carbons (Fsp3) is 0.636. The number of nitrogens with zero attached hydrogens (tertiary/aromatic N) is 3. The van der Waals surface area contributed by atoms with Gasteiger partial charge in [-0.1, -0.05) is 0 Å². The first-order chi connectivity index (χ1) is 11.8. The molecule has 0 aromatic carbocycles. The number of phosphoric acid groups is 1. The van der Waals surface area contributed by atoms with Crippen LogP contribution in [0.25, 0.3) is 0 Å². The highest BCUT2D eigenvalue weighted by Crippen LogP contribution is 2.37. The summed E-state index contributed by atoms with van der Waals surface area (Å²) in [4.78, 5) is 25.7. The Balaban J connectivity index is 1.68. The fourth-order valence-electron chi connectivity index (χ4n) is 2.65. The van der Waals surface area contributed by atoms with Crippen molar-refractivity contribution in [1.82, 2.24) is 15.6 Å². The largest absolute Gasteiger partial charge is 0.469 e. The highest BCUT2D eigenvalue weighted by atomic mass is 31.2. The summed E-state index contributed by atoms with van der Waals surface area (Å²) < 4.78 is 20.5. The van der Waals surface area contributed by atoms with Crippen LogP contribution in [0.15, 0.2) is 21.4 Å². The molecule has 0 aromatic heterocycles. The van der Waals surface area contributed by atoms with Gasteiger partial charge in [0.05, 0.1) is 19.5 Å². The fourth-order valence-corrected chi connectivity index (χ4v) is 2.99. The van der Waals surface area contributed by atoms with Crippen molar-refractivity contribution >= 4 is 20.5 Å². The summed E-state index contributed by atoms with van der Waals surface area (Å²) >= 11 is 0. The number of aliphatic imine (C=N–C) groups is 2. The summed E-state index contributed by atoms with van der Waals surface area (Å²) in [6.07, 6.45) is -2.49. The summed E-state index contributed by atoms with van der Waals surface area (Å²) in [5.74, 6) is 6.24. The molecule has 1 unspecified atom stereocenters. The molecule has 8 N–H and O–H groups in total. The van der Waals surface area contributed by atoms with Gasteiger partial charge in [-0.15, -0.1) is 0 Å². The van der Waals surface area contributed by atoms with E-state index >= 15 is 0 Å². The Bertz CT molecular complexity index is 651. The molecule has 0 aliphatic carbocycles. The molecule has 3 aliphatic heterocycles. The topological polar surface area (TPSA) is 194 Å². The molecular formula is C11H19N6O7P. The molecule has 25 heavy (non-hydrogen) atoms. The molecule has 13 nitrogen and oxygen atoms in total.